The Kier molecular flexibility index (Phi) is 14.0. The second-order valence-electron chi connectivity index (χ2n) is 14.4. The lowest BCUT2D eigenvalue weighted by Gasteiger charge is -2.30. The van der Waals surface area contributed by atoms with Crippen molar-refractivity contribution in [3.63, 3.8) is 0 Å². The summed E-state index contributed by atoms with van der Waals surface area (Å²) in [5.74, 6) is -0.577. The Labute approximate surface area is 288 Å². The van der Waals surface area contributed by atoms with E-state index in [-0.39, 0.29) is 60.0 Å². The van der Waals surface area contributed by atoms with Crippen LogP contribution in [0.3, 0.4) is 0 Å². The molecule has 1 fully saturated rings. The van der Waals surface area contributed by atoms with E-state index >= 15 is 0 Å². The molecule has 2 atom stereocenters. The second-order valence-corrected chi connectivity index (χ2v) is 14.4. The van der Waals surface area contributed by atoms with Crippen molar-refractivity contribution >= 4 is 40.7 Å². The van der Waals surface area contributed by atoms with E-state index in [4.69, 9.17) is 14.2 Å². The lowest BCUT2D eigenvalue weighted by atomic mass is 9.97. The number of para-hydroxylation sites is 1. The maximum atomic E-state index is 13.1. The van der Waals surface area contributed by atoms with E-state index in [0.29, 0.717) is 24.3 Å². The molecule has 3 rings (SSSR count). The number of esters is 2. The molecule has 0 bridgehead atoms. The van der Waals surface area contributed by atoms with Crippen LogP contribution in [0.15, 0.2) is 48.5 Å². The molecule has 0 aromatic heterocycles. The molecule has 1 aliphatic heterocycles. The smallest absolute Gasteiger partial charge is 0.316 e. The number of aliphatic hydroxyl groups is 1. The van der Waals surface area contributed by atoms with Crippen molar-refractivity contribution in [2.45, 2.75) is 85.9 Å². The first-order valence-electron chi connectivity index (χ1n) is 15.6. The normalized spacial score (nSPS) is 15.7. The Hall–Kier alpha value is -3.48. The molecule has 1 unspecified atom stereocenters. The minimum Gasteiger partial charge on any atom is -0.484 e. The summed E-state index contributed by atoms with van der Waals surface area (Å²) in [6.07, 6.45) is 0.219. The highest BCUT2D eigenvalue weighted by Crippen LogP contribution is 2.30. The van der Waals surface area contributed by atoms with Gasteiger partial charge in [-0.25, -0.2) is 0 Å². The fraction of sp³-hybridized carbons (Fsp3) is 0.543. The Balaban J connectivity index is 0.00000768. The molecule has 1 aliphatic rings. The van der Waals surface area contributed by atoms with Crippen LogP contribution in [0.25, 0.3) is 0 Å². The number of hydrogen-bond acceptors (Lipinski definition) is 9. The number of nitrogens with zero attached hydrogens (tertiary/aromatic N) is 1. The largest absolute Gasteiger partial charge is 0.484 e. The zero-order chi connectivity index (χ0) is 34.3. The van der Waals surface area contributed by atoms with Gasteiger partial charge in [0.15, 0.2) is 6.61 Å². The van der Waals surface area contributed by atoms with E-state index in [1.165, 1.54) is 18.2 Å². The summed E-state index contributed by atoms with van der Waals surface area (Å²) < 4.78 is 16.7. The highest BCUT2D eigenvalue weighted by molar-refractivity contribution is 8.93. The van der Waals surface area contributed by atoms with Gasteiger partial charge in [0.25, 0.3) is 5.91 Å². The number of ether oxygens (including phenoxy) is 3. The van der Waals surface area contributed by atoms with Gasteiger partial charge in [0.1, 0.15) is 23.3 Å². The van der Waals surface area contributed by atoms with Gasteiger partial charge in [-0.2, -0.15) is 0 Å². The third-order valence-corrected chi connectivity index (χ3v) is 7.39. The Morgan fingerprint density at radius 2 is 1.43 bits per heavy atom. The number of amides is 2. The zero-order valence-corrected chi connectivity index (χ0v) is 30.4. The van der Waals surface area contributed by atoms with Gasteiger partial charge in [-0.1, -0.05) is 18.2 Å². The molecule has 1 heterocycles. The number of likely N-dealkylation sites (tertiary alicyclic amines) is 1. The maximum Gasteiger partial charge on any atom is 0.316 e. The van der Waals surface area contributed by atoms with Gasteiger partial charge >= 0.3 is 11.9 Å². The van der Waals surface area contributed by atoms with Crippen molar-refractivity contribution in [2.75, 3.05) is 26.2 Å². The van der Waals surface area contributed by atoms with E-state index in [9.17, 15) is 24.3 Å². The number of carbonyl (C=O) groups excluding carboxylic acids is 4. The molecular weight excluding hydrogens is 670 g/mol. The molecule has 47 heavy (non-hydrogen) atoms. The maximum absolute atomic E-state index is 13.1. The summed E-state index contributed by atoms with van der Waals surface area (Å²) in [5.41, 5.74) is -1.81. The fourth-order valence-corrected chi connectivity index (χ4v) is 4.49. The lowest BCUT2D eigenvalue weighted by molar-refractivity contribution is -0.143. The molecule has 12 heteroatoms. The second kappa shape index (κ2) is 16.6. The van der Waals surface area contributed by atoms with E-state index in [0.717, 1.165) is 6.42 Å². The molecule has 0 aliphatic carbocycles. The van der Waals surface area contributed by atoms with Crippen LogP contribution in [0.1, 0.15) is 79.9 Å². The summed E-state index contributed by atoms with van der Waals surface area (Å²) >= 11 is 0. The number of benzene rings is 2. The third kappa shape index (κ3) is 12.2. The van der Waals surface area contributed by atoms with E-state index in [1.807, 2.05) is 32.0 Å². The van der Waals surface area contributed by atoms with Crippen LogP contribution in [0.2, 0.25) is 0 Å². The van der Waals surface area contributed by atoms with E-state index < -0.39 is 40.5 Å². The average molecular weight is 721 g/mol. The average Bonchev–Trinajstić information content (AvgIpc) is 3.47. The molecule has 1 saturated heterocycles. The topological polar surface area (TPSA) is 144 Å². The summed E-state index contributed by atoms with van der Waals surface area (Å²) in [4.78, 5) is 52.7. The molecule has 3 N–H and O–H groups in total. The van der Waals surface area contributed by atoms with E-state index in [2.05, 4.69) is 10.6 Å². The van der Waals surface area contributed by atoms with Crippen LogP contribution in [-0.2, 0) is 19.2 Å². The number of halogens is 1. The van der Waals surface area contributed by atoms with Crippen LogP contribution < -0.4 is 24.8 Å². The molecule has 11 nitrogen and oxygen atoms in total. The van der Waals surface area contributed by atoms with Gasteiger partial charge in [-0.3, -0.25) is 19.2 Å². The molecular formula is C35H50BrN3O8. The van der Waals surface area contributed by atoms with Gasteiger partial charge in [0.05, 0.1) is 16.9 Å². The van der Waals surface area contributed by atoms with Crippen LogP contribution in [0.5, 0.6) is 17.2 Å². The van der Waals surface area contributed by atoms with Crippen molar-refractivity contribution in [2.24, 2.45) is 10.8 Å². The van der Waals surface area contributed by atoms with Crippen molar-refractivity contribution in [3.8, 4) is 17.2 Å². The first-order chi connectivity index (χ1) is 21.4. The Morgan fingerprint density at radius 3 is 1.96 bits per heavy atom. The van der Waals surface area contributed by atoms with Crippen LogP contribution in [0, 0.1) is 10.8 Å². The minimum absolute atomic E-state index is 0. The predicted molar refractivity (Wildman–Crippen MR) is 184 cm³/mol. The number of carbonyl (C=O) groups is 4. The number of hydrogen-bond donors (Lipinski definition) is 3. The summed E-state index contributed by atoms with van der Waals surface area (Å²) in [7, 11) is 0. The Morgan fingerprint density at radius 1 is 0.872 bits per heavy atom. The van der Waals surface area contributed by atoms with Crippen molar-refractivity contribution in [1.82, 2.24) is 15.5 Å². The molecule has 0 radical (unpaired) electrons. The van der Waals surface area contributed by atoms with Gasteiger partial charge in [0, 0.05) is 31.2 Å². The first kappa shape index (κ1) is 39.7. The quantitative estimate of drug-likeness (QED) is 0.209. The standard InChI is InChI=1S/C35H49N3O8.BrH/c1-33(2,3)31(42)45-25-17-23(18-26(19-25)46-32(43)34(4,5)6)28(39)20-37-35(7,8)22-36-30(41)27-15-12-16-38(27)29(40)21-44-24-13-10-9-11-14-24;/h9-11,13-14,17-19,27-28,37,39H,12,15-16,20-22H2,1-8H3,(H,36,41);1H/t27-,28?;/m0./s1. The van der Waals surface area contributed by atoms with Crippen LogP contribution >= 0.6 is 17.0 Å². The van der Waals surface area contributed by atoms with Gasteiger partial charge in [-0.15, -0.1) is 17.0 Å². The third-order valence-electron chi connectivity index (χ3n) is 7.39. The molecule has 2 aromatic rings. The molecule has 0 spiro atoms. The Bertz CT molecular complexity index is 1340. The molecule has 260 valence electrons. The SMILES string of the molecule is Br.CC(C)(CNC(=O)[C@@H]1CCCN1C(=O)COc1ccccc1)NCC(O)c1cc(OC(=O)C(C)(C)C)cc(OC(=O)C(C)(C)C)c1. The number of β-amino-alcohol motifs (C(OH)–C–C–N with tert-alkyl or cyclic N) is 1. The van der Waals surface area contributed by atoms with Crippen molar-refractivity contribution in [3.05, 3.63) is 54.1 Å². The zero-order valence-electron chi connectivity index (χ0n) is 28.7. The van der Waals surface area contributed by atoms with Gasteiger partial charge in [-0.05, 0) is 98.1 Å². The lowest BCUT2D eigenvalue weighted by Crippen LogP contribution is -2.54. The summed E-state index contributed by atoms with van der Waals surface area (Å²) in [5, 5.41) is 17.3. The fourth-order valence-electron chi connectivity index (χ4n) is 4.49. The predicted octanol–water partition coefficient (Wildman–Crippen LogP) is 4.76. The highest BCUT2D eigenvalue weighted by Gasteiger charge is 2.35. The van der Waals surface area contributed by atoms with Gasteiger partial charge < -0.3 is 34.9 Å². The number of rotatable bonds is 12. The number of nitrogens with one attached hydrogen (secondary N) is 2. The van der Waals surface area contributed by atoms with Crippen molar-refractivity contribution in [1.29, 1.82) is 0 Å². The monoisotopic (exact) mass is 719 g/mol. The summed E-state index contributed by atoms with van der Waals surface area (Å²) in [6, 6.07) is 13.0. The van der Waals surface area contributed by atoms with Crippen LogP contribution in [0.4, 0.5) is 0 Å². The van der Waals surface area contributed by atoms with Gasteiger partial charge in [0.2, 0.25) is 5.91 Å². The first-order valence-corrected chi connectivity index (χ1v) is 15.6. The highest BCUT2D eigenvalue weighted by atomic mass is 79.9. The molecule has 2 amide bonds. The molecule has 2 aromatic carbocycles. The minimum atomic E-state index is -1.07. The number of aliphatic hydroxyl groups excluding tert-OH is 1. The van der Waals surface area contributed by atoms with Crippen LogP contribution in [-0.4, -0.2) is 71.6 Å². The summed E-state index contributed by atoms with van der Waals surface area (Å²) in [6.45, 7) is 14.8. The van der Waals surface area contributed by atoms with E-state index in [1.54, 1.807) is 58.6 Å². The molecule has 0 saturated carbocycles. The van der Waals surface area contributed by atoms with Crippen molar-refractivity contribution < 1.29 is 38.5 Å².